The quantitative estimate of drug-likeness (QED) is 0.823. The van der Waals surface area contributed by atoms with Gasteiger partial charge < -0.3 is 9.84 Å². The number of hydrogen-bond acceptors (Lipinski definition) is 2. The number of ether oxygens (including phenoxy) is 1. The monoisotopic (exact) mass is 206 g/mol. The highest BCUT2D eigenvalue weighted by Gasteiger charge is 2.21. The van der Waals surface area contributed by atoms with Crippen molar-refractivity contribution in [3.63, 3.8) is 0 Å². The normalized spacial score (nSPS) is 19.7. The van der Waals surface area contributed by atoms with Gasteiger partial charge in [-0.25, -0.2) is 0 Å². The molecule has 2 nitrogen and oxygen atoms in total. The Morgan fingerprint density at radius 3 is 3.07 bits per heavy atom. The van der Waals surface area contributed by atoms with Crippen LogP contribution in [0, 0.1) is 0 Å². The van der Waals surface area contributed by atoms with Gasteiger partial charge in [0.25, 0.3) is 0 Å². The highest BCUT2D eigenvalue weighted by Crippen LogP contribution is 2.37. The zero-order valence-corrected chi connectivity index (χ0v) is 9.20. The number of fused-ring (bicyclic) bond motifs is 1. The van der Waals surface area contributed by atoms with Crippen LogP contribution in [-0.2, 0) is 6.42 Å². The average molecular weight is 206 g/mol. The van der Waals surface area contributed by atoms with E-state index in [9.17, 15) is 0 Å². The molecule has 1 unspecified atom stereocenters. The lowest BCUT2D eigenvalue weighted by atomic mass is 9.81. The fourth-order valence-electron chi connectivity index (χ4n) is 2.56. The van der Waals surface area contributed by atoms with E-state index in [0.29, 0.717) is 5.92 Å². The molecule has 0 radical (unpaired) electrons. The molecule has 1 aliphatic carbocycles. The van der Waals surface area contributed by atoms with Gasteiger partial charge >= 0.3 is 0 Å². The molecular formula is C13H18O2. The molecule has 0 aromatic heterocycles. The van der Waals surface area contributed by atoms with Crippen molar-refractivity contribution in [1.29, 1.82) is 0 Å². The molecule has 0 heterocycles. The van der Waals surface area contributed by atoms with Crippen molar-refractivity contribution >= 4 is 0 Å². The van der Waals surface area contributed by atoms with Gasteiger partial charge in [-0.15, -0.1) is 0 Å². The molecule has 0 amide bonds. The fraction of sp³-hybridized carbons (Fsp3) is 0.538. The maximum Gasteiger partial charge on any atom is 0.122 e. The van der Waals surface area contributed by atoms with E-state index < -0.39 is 0 Å². The van der Waals surface area contributed by atoms with Gasteiger partial charge in [-0.05, 0) is 48.8 Å². The Hall–Kier alpha value is -1.02. The van der Waals surface area contributed by atoms with Crippen LogP contribution in [-0.4, -0.2) is 18.8 Å². The van der Waals surface area contributed by atoms with E-state index in [4.69, 9.17) is 9.84 Å². The lowest BCUT2D eigenvalue weighted by Gasteiger charge is -2.26. The van der Waals surface area contributed by atoms with E-state index in [1.165, 1.54) is 24.0 Å². The minimum Gasteiger partial charge on any atom is -0.496 e. The first-order valence-electron chi connectivity index (χ1n) is 5.63. The summed E-state index contributed by atoms with van der Waals surface area (Å²) in [5.74, 6) is 1.53. The van der Waals surface area contributed by atoms with Gasteiger partial charge in [0.2, 0.25) is 0 Å². The van der Waals surface area contributed by atoms with Crippen molar-refractivity contribution in [3.05, 3.63) is 29.3 Å². The van der Waals surface area contributed by atoms with Crippen LogP contribution in [0.4, 0.5) is 0 Å². The van der Waals surface area contributed by atoms with Crippen LogP contribution in [0.15, 0.2) is 18.2 Å². The van der Waals surface area contributed by atoms with Crippen LogP contribution >= 0.6 is 0 Å². The van der Waals surface area contributed by atoms with E-state index in [1.807, 2.05) is 12.1 Å². The number of aliphatic hydroxyl groups excluding tert-OH is 1. The summed E-state index contributed by atoms with van der Waals surface area (Å²) in [4.78, 5) is 0. The first-order valence-corrected chi connectivity index (χ1v) is 5.63. The molecule has 0 spiro atoms. The third-order valence-electron chi connectivity index (χ3n) is 3.29. The number of hydrogen-bond donors (Lipinski definition) is 1. The molecule has 0 aliphatic heterocycles. The van der Waals surface area contributed by atoms with Crippen molar-refractivity contribution < 1.29 is 9.84 Å². The second-order valence-corrected chi connectivity index (χ2v) is 4.13. The third kappa shape index (κ3) is 2.00. The second kappa shape index (κ2) is 4.67. The maximum atomic E-state index is 9.04. The molecule has 1 aliphatic rings. The van der Waals surface area contributed by atoms with E-state index in [-0.39, 0.29) is 6.61 Å². The van der Waals surface area contributed by atoms with E-state index in [0.717, 1.165) is 18.6 Å². The number of benzene rings is 1. The largest absolute Gasteiger partial charge is 0.496 e. The molecule has 0 bridgehead atoms. The highest BCUT2D eigenvalue weighted by molar-refractivity contribution is 5.43. The summed E-state index contributed by atoms with van der Waals surface area (Å²) in [6.07, 6.45) is 4.39. The standard InChI is InChI=1S/C13H18O2/c1-15-13-7-3-5-11-10(8-9-14)4-2-6-12(11)13/h3,5,7,10,14H,2,4,6,8-9H2,1H3. The van der Waals surface area contributed by atoms with Gasteiger partial charge in [0.1, 0.15) is 5.75 Å². The van der Waals surface area contributed by atoms with E-state index in [1.54, 1.807) is 7.11 Å². The zero-order chi connectivity index (χ0) is 10.7. The highest BCUT2D eigenvalue weighted by atomic mass is 16.5. The van der Waals surface area contributed by atoms with Crippen LogP contribution in [0.1, 0.15) is 36.3 Å². The predicted molar refractivity (Wildman–Crippen MR) is 60.4 cm³/mol. The molecule has 15 heavy (non-hydrogen) atoms. The summed E-state index contributed by atoms with van der Waals surface area (Å²) < 4.78 is 5.38. The fourth-order valence-corrected chi connectivity index (χ4v) is 2.56. The van der Waals surface area contributed by atoms with Gasteiger partial charge in [-0.3, -0.25) is 0 Å². The Bertz CT molecular complexity index is 333. The molecule has 1 N–H and O–H groups in total. The first-order chi connectivity index (χ1) is 7.36. The molecule has 0 saturated carbocycles. The Balaban J connectivity index is 2.35. The number of rotatable bonds is 3. The van der Waals surface area contributed by atoms with Crippen molar-refractivity contribution in [2.24, 2.45) is 0 Å². The molecule has 0 saturated heterocycles. The van der Waals surface area contributed by atoms with E-state index >= 15 is 0 Å². The molecule has 1 atom stereocenters. The Morgan fingerprint density at radius 2 is 2.33 bits per heavy atom. The Morgan fingerprint density at radius 1 is 1.47 bits per heavy atom. The van der Waals surface area contributed by atoms with Crippen molar-refractivity contribution in [3.8, 4) is 5.75 Å². The predicted octanol–water partition coefficient (Wildman–Crippen LogP) is 2.50. The lowest BCUT2D eigenvalue weighted by molar-refractivity contribution is 0.269. The minimum absolute atomic E-state index is 0.279. The molecular weight excluding hydrogens is 188 g/mol. The van der Waals surface area contributed by atoms with Gasteiger partial charge in [0.05, 0.1) is 7.11 Å². The summed E-state index contributed by atoms with van der Waals surface area (Å²) in [5.41, 5.74) is 2.74. The summed E-state index contributed by atoms with van der Waals surface area (Å²) >= 11 is 0. The number of aliphatic hydroxyl groups is 1. The van der Waals surface area contributed by atoms with Crippen LogP contribution in [0.5, 0.6) is 5.75 Å². The zero-order valence-electron chi connectivity index (χ0n) is 9.20. The van der Waals surface area contributed by atoms with Crippen LogP contribution in [0.25, 0.3) is 0 Å². The van der Waals surface area contributed by atoms with Crippen LogP contribution in [0.2, 0.25) is 0 Å². The summed E-state index contributed by atoms with van der Waals surface area (Å²) in [6.45, 7) is 0.279. The summed E-state index contributed by atoms with van der Waals surface area (Å²) in [5, 5.41) is 9.04. The molecule has 0 fully saturated rings. The molecule has 2 heteroatoms. The molecule has 1 aromatic carbocycles. The first kappa shape index (κ1) is 10.5. The Labute approximate surface area is 90.9 Å². The molecule has 2 rings (SSSR count). The van der Waals surface area contributed by atoms with Gasteiger partial charge in [0.15, 0.2) is 0 Å². The topological polar surface area (TPSA) is 29.5 Å². The SMILES string of the molecule is COc1cccc2c1CCCC2CCO. The molecule has 1 aromatic rings. The third-order valence-corrected chi connectivity index (χ3v) is 3.29. The van der Waals surface area contributed by atoms with Gasteiger partial charge in [0, 0.05) is 6.61 Å². The van der Waals surface area contributed by atoms with Crippen molar-refractivity contribution in [2.75, 3.05) is 13.7 Å². The summed E-state index contributed by atoms with van der Waals surface area (Å²) in [7, 11) is 1.73. The van der Waals surface area contributed by atoms with E-state index in [2.05, 4.69) is 6.07 Å². The summed E-state index contributed by atoms with van der Waals surface area (Å²) in [6, 6.07) is 6.25. The second-order valence-electron chi connectivity index (χ2n) is 4.13. The average Bonchev–Trinajstić information content (AvgIpc) is 2.29. The van der Waals surface area contributed by atoms with Gasteiger partial charge in [-0.2, -0.15) is 0 Å². The Kier molecular flexibility index (Phi) is 3.27. The maximum absolute atomic E-state index is 9.04. The smallest absolute Gasteiger partial charge is 0.122 e. The van der Waals surface area contributed by atoms with Gasteiger partial charge in [-0.1, -0.05) is 12.1 Å². The lowest BCUT2D eigenvalue weighted by Crippen LogP contribution is -2.12. The minimum atomic E-state index is 0.279. The van der Waals surface area contributed by atoms with Crippen molar-refractivity contribution in [2.45, 2.75) is 31.6 Å². The molecule has 82 valence electrons. The number of methoxy groups -OCH3 is 1. The van der Waals surface area contributed by atoms with Crippen LogP contribution in [0.3, 0.4) is 0 Å². The van der Waals surface area contributed by atoms with Crippen LogP contribution < -0.4 is 4.74 Å². The van der Waals surface area contributed by atoms with Crippen molar-refractivity contribution in [1.82, 2.24) is 0 Å².